The van der Waals surface area contributed by atoms with Crippen molar-refractivity contribution in [1.29, 1.82) is 0 Å². The Morgan fingerprint density at radius 3 is 2.73 bits per heavy atom. The van der Waals surface area contributed by atoms with Gasteiger partial charge in [0.2, 0.25) is 5.88 Å². The van der Waals surface area contributed by atoms with Crippen LogP contribution >= 0.6 is 11.6 Å². The second-order valence-electron chi connectivity index (χ2n) is 2.23. The summed E-state index contributed by atoms with van der Waals surface area (Å²) in [6.45, 7) is 1.92. The normalized spacial score (nSPS) is 9.73. The van der Waals surface area contributed by atoms with Crippen molar-refractivity contribution in [2.75, 3.05) is 7.11 Å². The molecule has 0 saturated heterocycles. The molecule has 1 aromatic heterocycles. The molecule has 0 aliphatic rings. The lowest BCUT2D eigenvalue weighted by molar-refractivity contribution is 0.396. The molecule has 0 radical (unpaired) electrons. The molecule has 0 amide bonds. The minimum absolute atomic E-state index is 0.503. The largest absolute Gasteiger partial charge is 0.481 e. The van der Waals surface area contributed by atoms with E-state index in [1.165, 1.54) is 0 Å². The smallest absolute Gasteiger partial charge is 0.213 e. The van der Waals surface area contributed by atoms with Gasteiger partial charge in [-0.15, -0.1) is 11.6 Å². The van der Waals surface area contributed by atoms with Crippen molar-refractivity contribution in [3.05, 3.63) is 23.4 Å². The first-order valence-corrected chi connectivity index (χ1v) is 3.88. The maximum Gasteiger partial charge on any atom is 0.213 e. The molecule has 2 nitrogen and oxygen atoms in total. The maximum atomic E-state index is 5.65. The van der Waals surface area contributed by atoms with Crippen LogP contribution in [-0.2, 0) is 5.88 Å². The zero-order valence-corrected chi connectivity index (χ0v) is 7.35. The third kappa shape index (κ3) is 1.84. The molecular formula is C8H10ClNO. The third-order valence-electron chi connectivity index (χ3n) is 1.52. The molecule has 1 aromatic rings. The van der Waals surface area contributed by atoms with Crippen LogP contribution in [0.15, 0.2) is 12.1 Å². The van der Waals surface area contributed by atoms with Crippen molar-refractivity contribution in [2.24, 2.45) is 0 Å². The summed E-state index contributed by atoms with van der Waals surface area (Å²) in [5, 5.41) is 0. The molecule has 0 spiro atoms. The van der Waals surface area contributed by atoms with Gasteiger partial charge in [0.1, 0.15) is 0 Å². The average molecular weight is 172 g/mol. The zero-order chi connectivity index (χ0) is 8.27. The molecule has 1 heterocycles. The van der Waals surface area contributed by atoms with Crippen LogP contribution in [0.1, 0.15) is 11.3 Å². The molecular weight excluding hydrogens is 162 g/mol. The van der Waals surface area contributed by atoms with Crippen molar-refractivity contribution in [1.82, 2.24) is 4.98 Å². The fourth-order valence-electron chi connectivity index (χ4n) is 0.822. The topological polar surface area (TPSA) is 22.1 Å². The summed E-state index contributed by atoms with van der Waals surface area (Å²) >= 11 is 5.65. The van der Waals surface area contributed by atoms with E-state index in [-0.39, 0.29) is 0 Å². The van der Waals surface area contributed by atoms with E-state index < -0.39 is 0 Å². The summed E-state index contributed by atoms with van der Waals surface area (Å²) in [5.41, 5.74) is 1.98. The van der Waals surface area contributed by atoms with Crippen LogP contribution < -0.4 is 4.74 Å². The highest BCUT2D eigenvalue weighted by Gasteiger charge is 1.98. The van der Waals surface area contributed by atoms with Crippen molar-refractivity contribution in [2.45, 2.75) is 12.8 Å². The van der Waals surface area contributed by atoms with Crippen LogP contribution in [0.5, 0.6) is 5.88 Å². The Morgan fingerprint density at radius 2 is 2.27 bits per heavy atom. The van der Waals surface area contributed by atoms with Gasteiger partial charge in [-0.25, -0.2) is 4.98 Å². The van der Waals surface area contributed by atoms with Gasteiger partial charge in [-0.2, -0.15) is 0 Å². The molecule has 0 atom stereocenters. The first kappa shape index (κ1) is 8.34. The van der Waals surface area contributed by atoms with Crippen LogP contribution in [0, 0.1) is 6.92 Å². The van der Waals surface area contributed by atoms with E-state index in [0.717, 1.165) is 11.3 Å². The van der Waals surface area contributed by atoms with E-state index >= 15 is 0 Å². The van der Waals surface area contributed by atoms with E-state index in [1.54, 1.807) is 7.11 Å². The molecule has 0 unspecified atom stereocenters. The Bertz CT molecular complexity index is 250. The molecule has 0 fully saturated rings. The lowest BCUT2D eigenvalue weighted by Crippen LogP contribution is -1.93. The summed E-state index contributed by atoms with van der Waals surface area (Å²) in [6.07, 6.45) is 0. The standard InChI is InChI=1S/C8H10ClNO/c1-6-7(5-9)3-4-8(10-6)11-2/h3-4H,5H2,1-2H3. The van der Waals surface area contributed by atoms with Crippen LogP contribution in [0.4, 0.5) is 0 Å². The molecule has 0 bridgehead atoms. The van der Waals surface area contributed by atoms with Crippen molar-refractivity contribution in [3.63, 3.8) is 0 Å². The van der Waals surface area contributed by atoms with Crippen molar-refractivity contribution >= 4 is 11.6 Å². The number of rotatable bonds is 2. The molecule has 0 aliphatic heterocycles. The minimum Gasteiger partial charge on any atom is -0.481 e. The first-order chi connectivity index (χ1) is 5.27. The minimum atomic E-state index is 0.503. The van der Waals surface area contributed by atoms with E-state index in [9.17, 15) is 0 Å². The summed E-state index contributed by atoms with van der Waals surface area (Å²) in [4.78, 5) is 4.16. The maximum absolute atomic E-state index is 5.65. The number of hydrogen-bond acceptors (Lipinski definition) is 2. The average Bonchev–Trinajstić information content (AvgIpc) is 2.04. The summed E-state index contributed by atoms with van der Waals surface area (Å²) in [6, 6.07) is 3.74. The van der Waals surface area contributed by atoms with Gasteiger partial charge in [-0.3, -0.25) is 0 Å². The number of nitrogens with zero attached hydrogens (tertiary/aromatic N) is 1. The predicted octanol–water partition coefficient (Wildman–Crippen LogP) is 2.14. The highest BCUT2D eigenvalue weighted by atomic mass is 35.5. The molecule has 11 heavy (non-hydrogen) atoms. The van der Waals surface area contributed by atoms with Gasteiger partial charge in [0.05, 0.1) is 7.11 Å². The van der Waals surface area contributed by atoms with Crippen molar-refractivity contribution in [3.8, 4) is 5.88 Å². The van der Waals surface area contributed by atoms with Crippen molar-refractivity contribution < 1.29 is 4.74 Å². The summed E-state index contributed by atoms with van der Waals surface area (Å²) < 4.78 is 4.94. The monoisotopic (exact) mass is 171 g/mol. The van der Waals surface area contributed by atoms with Crippen LogP contribution in [-0.4, -0.2) is 12.1 Å². The lowest BCUT2D eigenvalue weighted by Gasteiger charge is -2.02. The number of halogens is 1. The Labute approximate surface area is 71.2 Å². The van der Waals surface area contributed by atoms with Gasteiger partial charge in [-0.05, 0) is 12.5 Å². The number of aromatic nitrogens is 1. The third-order valence-corrected chi connectivity index (χ3v) is 1.81. The lowest BCUT2D eigenvalue weighted by atomic mass is 10.2. The quantitative estimate of drug-likeness (QED) is 0.637. The van der Waals surface area contributed by atoms with Crippen LogP contribution in [0.3, 0.4) is 0 Å². The summed E-state index contributed by atoms with van der Waals surface area (Å²) in [7, 11) is 1.60. The molecule has 0 N–H and O–H groups in total. The molecule has 60 valence electrons. The fraction of sp³-hybridized carbons (Fsp3) is 0.375. The van der Waals surface area contributed by atoms with Gasteiger partial charge in [-0.1, -0.05) is 6.07 Å². The number of pyridine rings is 1. The number of ether oxygens (including phenoxy) is 1. The number of alkyl halides is 1. The predicted molar refractivity (Wildman–Crippen MR) is 45.1 cm³/mol. The van der Waals surface area contributed by atoms with E-state index in [0.29, 0.717) is 11.8 Å². The Balaban J connectivity index is 2.99. The van der Waals surface area contributed by atoms with E-state index in [2.05, 4.69) is 4.98 Å². The SMILES string of the molecule is COc1ccc(CCl)c(C)n1. The van der Waals surface area contributed by atoms with Gasteiger partial charge < -0.3 is 4.74 Å². The number of hydrogen-bond donors (Lipinski definition) is 0. The van der Waals surface area contributed by atoms with Gasteiger partial charge >= 0.3 is 0 Å². The zero-order valence-electron chi connectivity index (χ0n) is 6.60. The molecule has 0 aromatic carbocycles. The van der Waals surface area contributed by atoms with Gasteiger partial charge in [0.15, 0.2) is 0 Å². The van der Waals surface area contributed by atoms with Gasteiger partial charge in [0.25, 0.3) is 0 Å². The number of methoxy groups -OCH3 is 1. The fourth-order valence-corrected chi connectivity index (χ4v) is 1.10. The van der Waals surface area contributed by atoms with Crippen LogP contribution in [0.2, 0.25) is 0 Å². The molecule has 3 heteroatoms. The Hall–Kier alpha value is -0.760. The van der Waals surface area contributed by atoms with Crippen LogP contribution in [0.25, 0.3) is 0 Å². The van der Waals surface area contributed by atoms with E-state index in [1.807, 2.05) is 19.1 Å². The summed E-state index contributed by atoms with van der Waals surface area (Å²) in [5.74, 6) is 1.14. The molecule has 0 saturated carbocycles. The Morgan fingerprint density at radius 1 is 1.55 bits per heavy atom. The van der Waals surface area contributed by atoms with Gasteiger partial charge in [0, 0.05) is 17.6 Å². The highest BCUT2D eigenvalue weighted by molar-refractivity contribution is 6.17. The second-order valence-corrected chi connectivity index (χ2v) is 2.50. The van der Waals surface area contributed by atoms with E-state index in [4.69, 9.17) is 16.3 Å². The second kappa shape index (κ2) is 3.58. The highest BCUT2D eigenvalue weighted by Crippen LogP contribution is 2.13. The number of aryl methyl sites for hydroxylation is 1. The first-order valence-electron chi connectivity index (χ1n) is 3.34. The molecule has 0 aliphatic carbocycles. The Kier molecular flexibility index (Phi) is 2.71. The molecule has 1 rings (SSSR count).